The van der Waals surface area contributed by atoms with Crippen LogP contribution in [0.25, 0.3) is 0 Å². The summed E-state index contributed by atoms with van der Waals surface area (Å²) in [6.07, 6.45) is 6.43. The molecule has 1 heterocycles. The van der Waals surface area contributed by atoms with E-state index in [0.717, 1.165) is 26.1 Å². The van der Waals surface area contributed by atoms with E-state index in [1.807, 2.05) is 26.5 Å². The standard InChI is InChI=1S/C10H19N3O/c1-10(14)8-12(2)5-3-6-13-7-4-11-9-13/h4,7,9-10,14H,3,5-6,8H2,1-2H3. The fourth-order valence-corrected chi connectivity index (χ4v) is 1.48. The minimum absolute atomic E-state index is 0.242. The highest BCUT2D eigenvalue weighted by molar-refractivity contribution is 4.73. The van der Waals surface area contributed by atoms with Gasteiger partial charge in [-0.05, 0) is 26.9 Å². The molecule has 1 unspecified atom stereocenters. The molecule has 0 spiro atoms. The van der Waals surface area contributed by atoms with Gasteiger partial charge in [0.25, 0.3) is 0 Å². The van der Waals surface area contributed by atoms with Crippen LogP contribution in [0.4, 0.5) is 0 Å². The quantitative estimate of drug-likeness (QED) is 0.725. The van der Waals surface area contributed by atoms with Gasteiger partial charge in [0.15, 0.2) is 0 Å². The van der Waals surface area contributed by atoms with Gasteiger partial charge in [0.2, 0.25) is 0 Å². The molecule has 1 rings (SSSR count). The van der Waals surface area contributed by atoms with Crippen molar-refractivity contribution in [3.05, 3.63) is 18.7 Å². The number of aliphatic hydroxyl groups is 1. The van der Waals surface area contributed by atoms with Crippen molar-refractivity contribution in [2.75, 3.05) is 20.1 Å². The van der Waals surface area contributed by atoms with Crippen molar-refractivity contribution in [1.29, 1.82) is 0 Å². The van der Waals surface area contributed by atoms with Crippen LogP contribution < -0.4 is 0 Å². The summed E-state index contributed by atoms with van der Waals surface area (Å²) in [5.74, 6) is 0. The Balaban J connectivity index is 2.09. The lowest BCUT2D eigenvalue weighted by Gasteiger charge is -2.17. The number of nitrogens with zero attached hydrogens (tertiary/aromatic N) is 3. The van der Waals surface area contributed by atoms with Crippen molar-refractivity contribution in [3.63, 3.8) is 0 Å². The molecule has 1 N–H and O–H groups in total. The summed E-state index contributed by atoms with van der Waals surface area (Å²) in [6.45, 7) is 4.55. The Morgan fingerprint density at radius 1 is 1.57 bits per heavy atom. The molecule has 0 bridgehead atoms. The predicted octanol–water partition coefficient (Wildman–Crippen LogP) is 0.586. The van der Waals surface area contributed by atoms with Crippen LogP contribution in [-0.2, 0) is 6.54 Å². The van der Waals surface area contributed by atoms with Crippen LogP contribution in [0, 0.1) is 0 Å². The van der Waals surface area contributed by atoms with Crippen molar-refractivity contribution >= 4 is 0 Å². The van der Waals surface area contributed by atoms with E-state index in [0.29, 0.717) is 0 Å². The molecule has 0 saturated carbocycles. The maximum absolute atomic E-state index is 9.15. The van der Waals surface area contributed by atoms with Crippen molar-refractivity contribution in [3.8, 4) is 0 Å². The summed E-state index contributed by atoms with van der Waals surface area (Å²) >= 11 is 0. The van der Waals surface area contributed by atoms with E-state index in [1.165, 1.54) is 0 Å². The molecule has 4 heteroatoms. The SMILES string of the molecule is CC(O)CN(C)CCCn1ccnc1. The first-order valence-corrected chi connectivity index (χ1v) is 5.01. The molecule has 1 aromatic rings. The average molecular weight is 197 g/mol. The van der Waals surface area contributed by atoms with Crippen molar-refractivity contribution < 1.29 is 5.11 Å². The van der Waals surface area contributed by atoms with E-state index in [4.69, 9.17) is 5.11 Å². The Morgan fingerprint density at radius 2 is 2.36 bits per heavy atom. The fourth-order valence-electron chi connectivity index (χ4n) is 1.48. The molecule has 4 nitrogen and oxygen atoms in total. The lowest BCUT2D eigenvalue weighted by molar-refractivity contribution is 0.140. The van der Waals surface area contributed by atoms with Gasteiger partial charge in [-0.1, -0.05) is 0 Å². The third kappa shape index (κ3) is 4.39. The van der Waals surface area contributed by atoms with Crippen LogP contribution in [-0.4, -0.2) is 45.8 Å². The van der Waals surface area contributed by atoms with Crippen molar-refractivity contribution in [1.82, 2.24) is 14.5 Å². The van der Waals surface area contributed by atoms with E-state index < -0.39 is 0 Å². The monoisotopic (exact) mass is 197 g/mol. The summed E-state index contributed by atoms with van der Waals surface area (Å²) in [4.78, 5) is 6.12. The number of likely N-dealkylation sites (N-methyl/N-ethyl adjacent to an activating group) is 1. The second-order valence-corrected chi connectivity index (χ2v) is 3.77. The number of imidazole rings is 1. The summed E-state index contributed by atoms with van der Waals surface area (Å²) in [6, 6.07) is 0. The summed E-state index contributed by atoms with van der Waals surface area (Å²) in [7, 11) is 2.03. The molecule has 80 valence electrons. The molecular weight excluding hydrogens is 178 g/mol. The van der Waals surface area contributed by atoms with E-state index >= 15 is 0 Å². The molecule has 1 atom stereocenters. The number of aliphatic hydroxyl groups excluding tert-OH is 1. The van der Waals surface area contributed by atoms with Crippen molar-refractivity contribution in [2.24, 2.45) is 0 Å². The van der Waals surface area contributed by atoms with Crippen LogP contribution in [0.2, 0.25) is 0 Å². The number of aryl methyl sites for hydroxylation is 1. The third-order valence-electron chi connectivity index (χ3n) is 2.09. The van der Waals surface area contributed by atoms with E-state index in [1.54, 1.807) is 6.20 Å². The second-order valence-electron chi connectivity index (χ2n) is 3.77. The maximum Gasteiger partial charge on any atom is 0.0945 e. The Kier molecular flexibility index (Phi) is 4.62. The van der Waals surface area contributed by atoms with Gasteiger partial charge >= 0.3 is 0 Å². The fraction of sp³-hybridized carbons (Fsp3) is 0.700. The second kappa shape index (κ2) is 5.78. The lowest BCUT2D eigenvalue weighted by atomic mass is 10.3. The van der Waals surface area contributed by atoms with E-state index in [2.05, 4.69) is 14.5 Å². The van der Waals surface area contributed by atoms with Crippen LogP contribution in [0.15, 0.2) is 18.7 Å². The van der Waals surface area contributed by atoms with Crippen LogP contribution in [0.1, 0.15) is 13.3 Å². The molecule has 14 heavy (non-hydrogen) atoms. The van der Waals surface area contributed by atoms with Gasteiger partial charge < -0.3 is 14.6 Å². The number of hydrogen-bond acceptors (Lipinski definition) is 3. The first-order valence-electron chi connectivity index (χ1n) is 5.01. The number of rotatable bonds is 6. The third-order valence-corrected chi connectivity index (χ3v) is 2.09. The maximum atomic E-state index is 9.15. The molecule has 0 aromatic carbocycles. The normalized spacial score (nSPS) is 13.4. The van der Waals surface area contributed by atoms with Crippen LogP contribution >= 0.6 is 0 Å². The predicted molar refractivity (Wildman–Crippen MR) is 56.0 cm³/mol. The summed E-state index contributed by atoms with van der Waals surface area (Å²) in [5, 5.41) is 9.15. The Hall–Kier alpha value is -0.870. The summed E-state index contributed by atoms with van der Waals surface area (Å²) < 4.78 is 2.07. The topological polar surface area (TPSA) is 41.3 Å². The first kappa shape index (κ1) is 11.2. The van der Waals surface area contributed by atoms with Crippen molar-refractivity contribution in [2.45, 2.75) is 26.0 Å². The van der Waals surface area contributed by atoms with Gasteiger partial charge in [-0.3, -0.25) is 0 Å². The number of hydrogen-bond donors (Lipinski definition) is 1. The molecule has 1 aromatic heterocycles. The van der Waals surface area contributed by atoms with Gasteiger partial charge in [0.05, 0.1) is 12.4 Å². The van der Waals surface area contributed by atoms with E-state index in [-0.39, 0.29) is 6.10 Å². The smallest absolute Gasteiger partial charge is 0.0945 e. The van der Waals surface area contributed by atoms with Crippen LogP contribution in [0.5, 0.6) is 0 Å². The first-order chi connectivity index (χ1) is 6.68. The highest BCUT2D eigenvalue weighted by atomic mass is 16.3. The van der Waals surface area contributed by atoms with Gasteiger partial charge in [-0.15, -0.1) is 0 Å². The highest BCUT2D eigenvalue weighted by Gasteiger charge is 2.01. The Bertz CT molecular complexity index is 234. The molecule has 0 amide bonds. The highest BCUT2D eigenvalue weighted by Crippen LogP contribution is 1.94. The van der Waals surface area contributed by atoms with Gasteiger partial charge in [-0.25, -0.2) is 4.98 Å². The van der Waals surface area contributed by atoms with E-state index in [9.17, 15) is 0 Å². The number of aromatic nitrogens is 2. The minimum Gasteiger partial charge on any atom is -0.392 e. The van der Waals surface area contributed by atoms with Crippen LogP contribution in [0.3, 0.4) is 0 Å². The molecule has 0 fully saturated rings. The van der Waals surface area contributed by atoms with Gasteiger partial charge in [0.1, 0.15) is 0 Å². The molecule has 0 aliphatic heterocycles. The zero-order chi connectivity index (χ0) is 10.4. The zero-order valence-electron chi connectivity index (χ0n) is 8.93. The average Bonchev–Trinajstić information content (AvgIpc) is 2.55. The van der Waals surface area contributed by atoms with Gasteiger partial charge in [-0.2, -0.15) is 0 Å². The Morgan fingerprint density at radius 3 is 2.93 bits per heavy atom. The molecule has 0 aliphatic carbocycles. The Labute approximate surface area is 85.2 Å². The molecular formula is C10H19N3O. The zero-order valence-corrected chi connectivity index (χ0v) is 8.93. The molecule has 0 saturated heterocycles. The summed E-state index contributed by atoms with van der Waals surface area (Å²) in [5.41, 5.74) is 0. The molecule has 0 aliphatic rings. The van der Waals surface area contributed by atoms with Gasteiger partial charge in [0, 0.05) is 25.5 Å². The molecule has 0 radical (unpaired) electrons. The minimum atomic E-state index is -0.242. The lowest BCUT2D eigenvalue weighted by Crippen LogP contribution is -2.28. The largest absolute Gasteiger partial charge is 0.392 e.